The number of rotatable bonds is 7. The lowest BCUT2D eigenvalue weighted by Gasteiger charge is -2.23. The average Bonchev–Trinajstić information content (AvgIpc) is 2.65. The molecule has 1 amide bonds. The van der Waals surface area contributed by atoms with Gasteiger partial charge >= 0.3 is 5.97 Å². The third-order valence-corrected chi connectivity index (χ3v) is 4.16. The van der Waals surface area contributed by atoms with E-state index >= 15 is 0 Å². The van der Waals surface area contributed by atoms with Crippen LogP contribution in [0.2, 0.25) is 0 Å². The molecule has 1 N–H and O–H groups in total. The normalized spacial score (nSPS) is 12.1. The second kappa shape index (κ2) is 9.21. The molecule has 0 aliphatic carbocycles. The quantitative estimate of drug-likeness (QED) is 0.761. The average molecular weight is 369 g/mol. The molecule has 27 heavy (non-hydrogen) atoms. The Labute approximate surface area is 160 Å². The number of ether oxygens (including phenoxy) is 2. The third kappa shape index (κ3) is 6.13. The van der Waals surface area contributed by atoms with Crippen LogP contribution in [-0.4, -0.2) is 31.6 Å². The number of para-hydroxylation sites is 1. The van der Waals surface area contributed by atoms with Crippen LogP contribution in [0.5, 0.6) is 5.75 Å². The van der Waals surface area contributed by atoms with Gasteiger partial charge < -0.3 is 14.8 Å². The molecule has 1 atom stereocenters. The fraction of sp³-hybridized carbons (Fsp3) is 0.364. The SMILES string of the molecule is COC(=O)C(Cc1ccccc1)NC(=O)COc1ccccc1C(C)(C)C. The van der Waals surface area contributed by atoms with E-state index in [-0.39, 0.29) is 17.9 Å². The van der Waals surface area contributed by atoms with E-state index in [1.165, 1.54) is 7.11 Å². The van der Waals surface area contributed by atoms with Gasteiger partial charge in [-0.05, 0) is 22.6 Å². The molecule has 0 aromatic heterocycles. The summed E-state index contributed by atoms with van der Waals surface area (Å²) in [5.41, 5.74) is 1.85. The molecule has 0 saturated carbocycles. The zero-order valence-electron chi connectivity index (χ0n) is 16.3. The van der Waals surface area contributed by atoms with Crippen molar-refractivity contribution in [3.8, 4) is 5.75 Å². The molecule has 1 unspecified atom stereocenters. The Hall–Kier alpha value is -2.82. The minimum absolute atomic E-state index is 0.102. The maximum Gasteiger partial charge on any atom is 0.328 e. The number of carbonyl (C=O) groups is 2. The van der Waals surface area contributed by atoms with Crippen LogP contribution in [0.3, 0.4) is 0 Å². The summed E-state index contributed by atoms with van der Waals surface area (Å²) in [6.07, 6.45) is 0.359. The fourth-order valence-corrected chi connectivity index (χ4v) is 2.78. The van der Waals surface area contributed by atoms with Crippen LogP contribution in [0, 0.1) is 0 Å². The Kier molecular flexibility index (Phi) is 6.99. The predicted octanol–water partition coefficient (Wildman–Crippen LogP) is 3.26. The standard InChI is InChI=1S/C22H27NO4/c1-22(2,3)17-12-8-9-13-19(17)27-15-20(24)23-18(21(25)26-4)14-16-10-6-5-7-11-16/h5-13,18H,14-15H2,1-4H3,(H,23,24). The zero-order valence-corrected chi connectivity index (χ0v) is 16.3. The second-order valence-electron chi connectivity index (χ2n) is 7.37. The topological polar surface area (TPSA) is 64.6 Å². The van der Waals surface area contributed by atoms with Gasteiger partial charge in [0.1, 0.15) is 11.8 Å². The number of methoxy groups -OCH3 is 1. The molecule has 0 bridgehead atoms. The maximum atomic E-state index is 12.4. The molecule has 0 aliphatic heterocycles. The van der Waals surface area contributed by atoms with Gasteiger partial charge in [0.05, 0.1) is 7.11 Å². The summed E-state index contributed by atoms with van der Waals surface area (Å²) in [6, 6.07) is 16.4. The van der Waals surface area contributed by atoms with Crippen molar-refractivity contribution in [2.75, 3.05) is 13.7 Å². The van der Waals surface area contributed by atoms with E-state index in [4.69, 9.17) is 9.47 Å². The summed E-state index contributed by atoms with van der Waals surface area (Å²) in [4.78, 5) is 24.4. The maximum absolute atomic E-state index is 12.4. The number of nitrogens with one attached hydrogen (secondary N) is 1. The van der Waals surface area contributed by atoms with E-state index in [0.717, 1.165) is 11.1 Å². The van der Waals surface area contributed by atoms with Crippen molar-refractivity contribution in [1.82, 2.24) is 5.32 Å². The van der Waals surface area contributed by atoms with Gasteiger partial charge in [0.2, 0.25) is 0 Å². The highest BCUT2D eigenvalue weighted by atomic mass is 16.5. The van der Waals surface area contributed by atoms with Crippen molar-refractivity contribution < 1.29 is 19.1 Å². The summed E-state index contributed by atoms with van der Waals surface area (Å²) in [5.74, 6) is -0.190. The molecule has 0 radical (unpaired) electrons. The van der Waals surface area contributed by atoms with Crippen molar-refractivity contribution in [1.29, 1.82) is 0 Å². The second-order valence-corrected chi connectivity index (χ2v) is 7.37. The highest BCUT2D eigenvalue weighted by molar-refractivity contribution is 5.85. The van der Waals surface area contributed by atoms with Gasteiger partial charge in [0.15, 0.2) is 6.61 Å². The molecule has 0 spiro atoms. The van der Waals surface area contributed by atoms with E-state index in [0.29, 0.717) is 12.2 Å². The van der Waals surface area contributed by atoms with Crippen molar-refractivity contribution in [3.63, 3.8) is 0 Å². The lowest BCUT2D eigenvalue weighted by atomic mass is 9.86. The molecular formula is C22H27NO4. The number of hydrogen-bond donors (Lipinski definition) is 1. The molecule has 2 rings (SSSR count). The summed E-state index contributed by atoms with van der Waals surface area (Å²) < 4.78 is 10.5. The fourth-order valence-electron chi connectivity index (χ4n) is 2.78. The van der Waals surface area contributed by atoms with Crippen LogP contribution in [0.4, 0.5) is 0 Å². The minimum Gasteiger partial charge on any atom is -0.483 e. The highest BCUT2D eigenvalue weighted by Crippen LogP contribution is 2.30. The monoisotopic (exact) mass is 369 g/mol. The van der Waals surface area contributed by atoms with Gasteiger partial charge in [-0.2, -0.15) is 0 Å². The predicted molar refractivity (Wildman–Crippen MR) is 105 cm³/mol. The lowest BCUT2D eigenvalue weighted by Crippen LogP contribution is -2.45. The van der Waals surface area contributed by atoms with Crippen molar-refractivity contribution in [2.45, 2.75) is 38.6 Å². The molecule has 5 nitrogen and oxygen atoms in total. The summed E-state index contributed by atoms with van der Waals surface area (Å²) in [6.45, 7) is 6.09. The van der Waals surface area contributed by atoms with Gasteiger partial charge in [0.25, 0.3) is 5.91 Å². The molecule has 2 aromatic rings. The first-order chi connectivity index (χ1) is 12.8. The number of amides is 1. The Morgan fingerprint density at radius 2 is 1.63 bits per heavy atom. The lowest BCUT2D eigenvalue weighted by molar-refractivity contribution is -0.145. The van der Waals surface area contributed by atoms with E-state index in [1.807, 2.05) is 54.6 Å². The van der Waals surface area contributed by atoms with Gasteiger partial charge in [-0.25, -0.2) is 4.79 Å². The van der Waals surface area contributed by atoms with Crippen molar-refractivity contribution >= 4 is 11.9 Å². The van der Waals surface area contributed by atoms with Crippen LogP contribution in [0.1, 0.15) is 31.9 Å². The molecular weight excluding hydrogens is 342 g/mol. The minimum atomic E-state index is -0.758. The molecule has 5 heteroatoms. The first-order valence-corrected chi connectivity index (χ1v) is 8.94. The first kappa shape index (κ1) is 20.5. The summed E-state index contributed by atoms with van der Waals surface area (Å²) >= 11 is 0. The van der Waals surface area contributed by atoms with E-state index in [2.05, 4.69) is 26.1 Å². The zero-order chi connectivity index (χ0) is 19.9. The molecule has 0 aliphatic rings. The number of esters is 1. The van der Waals surface area contributed by atoms with Crippen LogP contribution in [0.25, 0.3) is 0 Å². The number of hydrogen-bond acceptors (Lipinski definition) is 4. The van der Waals surface area contributed by atoms with Gasteiger partial charge in [-0.3, -0.25) is 4.79 Å². The molecule has 0 fully saturated rings. The summed E-state index contributed by atoms with van der Waals surface area (Å²) in [7, 11) is 1.31. The summed E-state index contributed by atoms with van der Waals surface area (Å²) in [5, 5.41) is 2.71. The van der Waals surface area contributed by atoms with Gasteiger partial charge in [-0.1, -0.05) is 69.3 Å². The Morgan fingerprint density at radius 1 is 1.00 bits per heavy atom. The van der Waals surface area contributed by atoms with E-state index in [1.54, 1.807) is 0 Å². The molecule has 0 heterocycles. The van der Waals surface area contributed by atoms with Gasteiger partial charge in [-0.15, -0.1) is 0 Å². The van der Waals surface area contributed by atoms with E-state index in [9.17, 15) is 9.59 Å². The Balaban J connectivity index is 2.01. The van der Waals surface area contributed by atoms with Gasteiger partial charge in [0, 0.05) is 6.42 Å². The molecule has 0 saturated heterocycles. The highest BCUT2D eigenvalue weighted by Gasteiger charge is 2.23. The van der Waals surface area contributed by atoms with E-state index < -0.39 is 12.0 Å². The van der Waals surface area contributed by atoms with Crippen LogP contribution >= 0.6 is 0 Å². The van der Waals surface area contributed by atoms with Crippen LogP contribution in [0.15, 0.2) is 54.6 Å². The molecule has 144 valence electrons. The Morgan fingerprint density at radius 3 is 2.26 bits per heavy atom. The van der Waals surface area contributed by atoms with Crippen LogP contribution in [-0.2, 0) is 26.2 Å². The third-order valence-electron chi connectivity index (χ3n) is 4.16. The molecule has 2 aromatic carbocycles. The van der Waals surface area contributed by atoms with Crippen LogP contribution < -0.4 is 10.1 Å². The van der Waals surface area contributed by atoms with Crippen molar-refractivity contribution in [2.24, 2.45) is 0 Å². The Bertz CT molecular complexity index is 765. The van der Waals surface area contributed by atoms with Crippen molar-refractivity contribution in [3.05, 3.63) is 65.7 Å². The first-order valence-electron chi connectivity index (χ1n) is 8.94. The largest absolute Gasteiger partial charge is 0.483 e. The number of carbonyl (C=O) groups excluding carboxylic acids is 2. The smallest absolute Gasteiger partial charge is 0.328 e. The number of benzene rings is 2.